The van der Waals surface area contributed by atoms with E-state index in [-0.39, 0.29) is 22.8 Å². The molecule has 0 radical (unpaired) electrons. The third-order valence-corrected chi connectivity index (χ3v) is 4.03. The number of hydrogen-bond acceptors (Lipinski definition) is 4. The molecule has 1 aromatic heterocycles. The molecule has 27 heavy (non-hydrogen) atoms. The average molecular weight is 407 g/mol. The number of alkyl halides is 3. The molecule has 1 aromatic carbocycles. The maximum atomic E-state index is 13.4. The first-order valence-corrected chi connectivity index (χ1v) is 7.85. The van der Waals surface area contributed by atoms with Crippen molar-refractivity contribution in [1.82, 2.24) is 20.8 Å². The lowest BCUT2D eigenvalue weighted by atomic mass is 10.0. The lowest BCUT2D eigenvalue weighted by Gasteiger charge is -2.19. The molecule has 2 atom stereocenters. The maximum absolute atomic E-state index is 13.4. The monoisotopic (exact) mass is 406 g/mol. The fourth-order valence-electron chi connectivity index (χ4n) is 2.42. The fourth-order valence-corrected chi connectivity index (χ4v) is 2.61. The van der Waals surface area contributed by atoms with Crippen LogP contribution in [0.4, 0.5) is 22.4 Å². The molecule has 3 rings (SSSR count). The second kappa shape index (κ2) is 7.06. The van der Waals surface area contributed by atoms with Crippen LogP contribution in [0.3, 0.4) is 0 Å². The summed E-state index contributed by atoms with van der Waals surface area (Å²) in [6.07, 6.45) is -6.64. The minimum atomic E-state index is -4.68. The van der Waals surface area contributed by atoms with Crippen LogP contribution in [-0.2, 0) is 15.7 Å². The van der Waals surface area contributed by atoms with Crippen molar-refractivity contribution in [3.63, 3.8) is 0 Å². The number of hydrogen-bond donors (Lipinski definition) is 3. The third-order valence-electron chi connectivity index (χ3n) is 3.74. The number of aromatic nitrogens is 2. The predicted octanol–water partition coefficient (Wildman–Crippen LogP) is 2.53. The van der Waals surface area contributed by atoms with Gasteiger partial charge in [-0.05, 0) is 23.8 Å². The first-order valence-electron chi connectivity index (χ1n) is 7.47. The summed E-state index contributed by atoms with van der Waals surface area (Å²) >= 11 is 5.73. The quantitative estimate of drug-likeness (QED) is 0.680. The van der Waals surface area contributed by atoms with E-state index in [2.05, 4.69) is 15.7 Å². The molecule has 0 spiro atoms. The number of ether oxygens (including phenoxy) is 1. The Balaban J connectivity index is 1.93. The smallest absolute Gasteiger partial charge is 0.432 e. The molecule has 3 N–H and O–H groups in total. The summed E-state index contributed by atoms with van der Waals surface area (Å²) in [6, 6.07) is 2.92. The zero-order chi connectivity index (χ0) is 19.8. The standard InChI is InChI=1S/C15H11ClF4N4O3/c16-7-3-6(1-2-8(7)17)12(9-4-11(24-23-9)15(18,19)20)22-13(25)10-5-21-14(26)27-10/h1-4,10,12H,5H2,(H,21,26)(H,22,25)(H,23,24)/t10-,12+/m0/s1. The highest BCUT2D eigenvalue weighted by Gasteiger charge is 2.36. The third kappa shape index (κ3) is 4.13. The predicted molar refractivity (Wildman–Crippen MR) is 83.3 cm³/mol. The van der Waals surface area contributed by atoms with E-state index in [1.807, 2.05) is 5.10 Å². The van der Waals surface area contributed by atoms with Crippen LogP contribution in [0.15, 0.2) is 24.3 Å². The van der Waals surface area contributed by atoms with E-state index in [1.54, 1.807) is 0 Å². The van der Waals surface area contributed by atoms with E-state index >= 15 is 0 Å². The van der Waals surface area contributed by atoms with Gasteiger partial charge in [0.2, 0.25) is 0 Å². The Bertz CT molecular complexity index is 886. The van der Waals surface area contributed by atoms with Gasteiger partial charge in [0.05, 0.1) is 23.3 Å². The van der Waals surface area contributed by atoms with E-state index < -0.39 is 41.8 Å². The number of carbonyl (C=O) groups is 2. The summed E-state index contributed by atoms with van der Waals surface area (Å²) in [4.78, 5) is 23.4. The van der Waals surface area contributed by atoms with E-state index in [1.165, 1.54) is 6.07 Å². The average Bonchev–Trinajstić information content (AvgIpc) is 3.24. The molecule has 1 fully saturated rings. The minimum Gasteiger partial charge on any atom is -0.434 e. The van der Waals surface area contributed by atoms with Gasteiger partial charge >= 0.3 is 12.3 Å². The molecule has 0 aliphatic carbocycles. The molecule has 0 unspecified atom stereocenters. The molecule has 0 bridgehead atoms. The number of nitrogens with one attached hydrogen (secondary N) is 3. The minimum absolute atomic E-state index is 0.101. The molecule has 12 heteroatoms. The topological polar surface area (TPSA) is 96.1 Å². The highest BCUT2D eigenvalue weighted by Crippen LogP contribution is 2.31. The number of amides is 2. The van der Waals surface area contributed by atoms with Crippen LogP contribution in [0.2, 0.25) is 5.02 Å². The van der Waals surface area contributed by atoms with Crippen molar-refractivity contribution in [3.8, 4) is 0 Å². The van der Waals surface area contributed by atoms with Crippen LogP contribution in [0.1, 0.15) is 23.0 Å². The van der Waals surface area contributed by atoms with Crippen molar-refractivity contribution in [2.45, 2.75) is 18.3 Å². The maximum Gasteiger partial charge on any atom is 0.432 e. The Morgan fingerprint density at radius 2 is 2.11 bits per heavy atom. The van der Waals surface area contributed by atoms with Crippen LogP contribution < -0.4 is 10.6 Å². The molecule has 2 heterocycles. The molecule has 2 amide bonds. The van der Waals surface area contributed by atoms with Crippen molar-refractivity contribution in [3.05, 3.63) is 52.1 Å². The van der Waals surface area contributed by atoms with Crippen molar-refractivity contribution in [2.24, 2.45) is 0 Å². The molecule has 1 saturated heterocycles. The lowest BCUT2D eigenvalue weighted by molar-refractivity contribution is -0.141. The molecule has 1 aliphatic heterocycles. The number of carbonyl (C=O) groups excluding carboxylic acids is 2. The molecule has 144 valence electrons. The van der Waals surface area contributed by atoms with Crippen molar-refractivity contribution >= 4 is 23.6 Å². The van der Waals surface area contributed by atoms with Gasteiger partial charge in [-0.1, -0.05) is 17.7 Å². The molecule has 2 aromatic rings. The van der Waals surface area contributed by atoms with Crippen LogP contribution in [-0.4, -0.2) is 34.8 Å². The van der Waals surface area contributed by atoms with Gasteiger partial charge in [-0.15, -0.1) is 0 Å². The van der Waals surface area contributed by atoms with Gasteiger partial charge in [-0.3, -0.25) is 9.89 Å². The number of alkyl carbamates (subject to hydrolysis) is 1. The summed E-state index contributed by atoms with van der Waals surface area (Å²) in [7, 11) is 0. The van der Waals surface area contributed by atoms with Gasteiger partial charge in [0.25, 0.3) is 5.91 Å². The highest BCUT2D eigenvalue weighted by molar-refractivity contribution is 6.30. The first-order chi connectivity index (χ1) is 12.6. The Kier molecular flexibility index (Phi) is 4.96. The summed E-state index contributed by atoms with van der Waals surface area (Å²) in [5.74, 6) is -1.51. The lowest BCUT2D eigenvalue weighted by Crippen LogP contribution is -2.39. The van der Waals surface area contributed by atoms with Crippen LogP contribution in [0.5, 0.6) is 0 Å². The number of aromatic amines is 1. The normalized spacial score (nSPS) is 18.0. The number of H-pyrrole nitrogens is 1. The largest absolute Gasteiger partial charge is 0.434 e. The van der Waals surface area contributed by atoms with Gasteiger partial charge < -0.3 is 15.4 Å². The summed E-state index contributed by atoms with van der Waals surface area (Å²) in [5.41, 5.74) is -1.12. The van der Waals surface area contributed by atoms with Crippen molar-refractivity contribution < 1.29 is 31.9 Å². The summed E-state index contributed by atoms with van der Waals surface area (Å²) < 4.78 is 56.7. The molecule has 1 aliphatic rings. The second-order valence-corrected chi connectivity index (χ2v) is 6.00. The molecular weight excluding hydrogens is 396 g/mol. The first kappa shape index (κ1) is 19.0. The Morgan fingerprint density at radius 3 is 2.67 bits per heavy atom. The van der Waals surface area contributed by atoms with Gasteiger partial charge in [-0.2, -0.15) is 18.3 Å². The zero-order valence-electron chi connectivity index (χ0n) is 13.2. The van der Waals surface area contributed by atoms with E-state index in [0.29, 0.717) is 6.07 Å². The molecule has 0 saturated carbocycles. The van der Waals surface area contributed by atoms with E-state index in [4.69, 9.17) is 16.3 Å². The number of rotatable bonds is 4. The van der Waals surface area contributed by atoms with Crippen LogP contribution >= 0.6 is 11.6 Å². The van der Waals surface area contributed by atoms with E-state index in [9.17, 15) is 27.2 Å². The molecule has 7 nitrogen and oxygen atoms in total. The summed E-state index contributed by atoms with van der Waals surface area (Å²) in [6.45, 7) is -0.101. The number of halogens is 5. The van der Waals surface area contributed by atoms with Gasteiger partial charge in [-0.25, -0.2) is 9.18 Å². The Labute approximate surface area is 154 Å². The number of nitrogens with zero attached hydrogens (tertiary/aromatic N) is 1. The zero-order valence-corrected chi connectivity index (χ0v) is 14.0. The fraction of sp³-hybridized carbons (Fsp3) is 0.267. The summed E-state index contributed by atoms with van der Waals surface area (Å²) in [5, 5.41) is 9.86. The van der Waals surface area contributed by atoms with Gasteiger partial charge in [0.1, 0.15) is 11.5 Å². The Hall–Kier alpha value is -2.82. The highest BCUT2D eigenvalue weighted by atomic mass is 35.5. The molecular formula is C15H11ClF4N4O3. The van der Waals surface area contributed by atoms with Crippen LogP contribution in [0, 0.1) is 5.82 Å². The second-order valence-electron chi connectivity index (χ2n) is 5.59. The number of benzene rings is 1. The van der Waals surface area contributed by atoms with Crippen molar-refractivity contribution in [2.75, 3.05) is 6.54 Å². The Morgan fingerprint density at radius 1 is 1.37 bits per heavy atom. The van der Waals surface area contributed by atoms with E-state index in [0.717, 1.165) is 12.1 Å². The van der Waals surface area contributed by atoms with Crippen molar-refractivity contribution in [1.29, 1.82) is 0 Å². The number of cyclic esters (lactones) is 1. The van der Waals surface area contributed by atoms with Crippen LogP contribution in [0.25, 0.3) is 0 Å². The van der Waals surface area contributed by atoms with Gasteiger partial charge in [0, 0.05) is 0 Å². The SMILES string of the molecule is O=C1NC[C@@H](C(=O)N[C@H](c2ccc(F)c(Cl)c2)c2cc(C(F)(F)F)[nH]n2)O1. The van der Waals surface area contributed by atoms with Gasteiger partial charge in [0.15, 0.2) is 6.10 Å².